The quantitative estimate of drug-likeness (QED) is 0.456. The summed E-state index contributed by atoms with van der Waals surface area (Å²) in [5.41, 5.74) is -0.227. The normalized spacial score (nSPS) is 9.18. The Morgan fingerprint density at radius 2 is 2.45 bits per heavy atom. The van der Waals surface area contributed by atoms with Crippen LogP contribution in [-0.4, -0.2) is 22.0 Å². The largest absolute Gasteiger partial charge is 0.476 e. The molecule has 58 valence electrons. The van der Waals surface area contributed by atoms with Crippen molar-refractivity contribution in [1.29, 1.82) is 0 Å². The first-order valence-electron chi connectivity index (χ1n) is 2.74. The molecule has 0 atom stereocenters. The summed E-state index contributed by atoms with van der Waals surface area (Å²) in [5, 5.41) is 10.2. The summed E-state index contributed by atoms with van der Waals surface area (Å²) >= 11 is 0. The Hall–Kier alpha value is -1.72. The van der Waals surface area contributed by atoms with Crippen LogP contribution in [0.5, 0.6) is 5.88 Å². The zero-order valence-corrected chi connectivity index (χ0v) is 5.72. The molecule has 0 saturated carbocycles. The van der Waals surface area contributed by atoms with E-state index < -0.39 is 4.92 Å². The lowest BCUT2D eigenvalue weighted by atomic mass is 10.5. The third-order valence-electron chi connectivity index (χ3n) is 1.05. The van der Waals surface area contributed by atoms with E-state index in [0.29, 0.717) is 0 Å². The smallest absolute Gasteiger partial charge is 0.349 e. The standard InChI is InChI=1S/C5H5N3O3/c1-11-5-4(8(9)10)2-6-3-7-5/h2-3H,1H3. The Morgan fingerprint density at radius 3 is 2.91 bits per heavy atom. The van der Waals surface area contributed by atoms with Crippen molar-refractivity contribution in [2.24, 2.45) is 0 Å². The van der Waals surface area contributed by atoms with Gasteiger partial charge >= 0.3 is 5.69 Å². The van der Waals surface area contributed by atoms with Crippen LogP contribution in [0, 0.1) is 10.1 Å². The molecule has 1 rings (SSSR count). The highest BCUT2D eigenvalue weighted by molar-refractivity contribution is 5.36. The first-order chi connectivity index (χ1) is 5.25. The van der Waals surface area contributed by atoms with Crippen LogP contribution >= 0.6 is 0 Å². The van der Waals surface area contributed by atoms with Crippen LogP contribution in [0.15, 0.2) is 12.5 Å². The number of aromatic nitrogens is 2. The topological polar surface area (TPSA) is 78.2 Å². The van der Waals surface area contributed by atoms with Crippen molar-refractivity contribution >= 4 is 5.69 Å². The van der Waals surface area contributed by atoms with E-state index in [9.17, 15) is 10.1 Å². The van der Waals surface area contributed by atoms with Crippen molar-refractivity contribution < 1.29 is 9.66 Å². The molecule has 0 aliphatic heterocycles. The van der Waals surface area contributed by atoms with Gasteiger partial charge in [0.1, 0.15) is 12.5 Å². The fraction of sp³-hybridized carbons (Fsp3) is 0.200. The monoisotopic (exact) mass is 155 g/mol. The van der Waals surface area contributed by atoms with Crippen LogP contribution in [0.2, 0.25) is 0 Å². The number of methoxy groups -OCH3 is 1. The number of rotatable bonds is 2. The van der Waals surface area contributed by atoms with E-state index in [4.69, 9.17) is 0 Å². The van der Waals surface area contributed by atoms with Gasteiger partial charge in [0.05, 0.1) is 12.0 Å². The molecule has 0 radical (unpaired) electrons. The Labute approximate surface area is 62.0 Å². The van der Waals surface area contributed by atoms with Gasteiger partial charge in [0.2, 0.25) is 0 Å². The summed E-state index contributed by atoms with van der Waals surface area (Å²) in [5.74, 6) is -0.0231. The predicted octanol–water partition coefficient (Wildman–Crippen LogP) is 0.393. The second kappa shape index (κ2) is 2.91. The maximum Gasteiger partial charge on any atom is 0.349 e. The van der Waals surface area contributed by atoms with Gasteiger partial charge in [-0.2, -0.15) is 4.98 Å². The molecule has 1 heterocycles. The molecule has 0 aliphatic rings. The zero-order chi connectivity index (χ0) is 8.27. The molecule has 1 aromatic rings. The van der Waals surface area contributed by atoms with Crippen molar-refractivity contribution in [2.75, 3.05) is 7.11 Å². The Kier molecular flexibility index (Phi) is 1.95. The molecule has 0 aliphatic carbocycles. The molecule has 11 heavy (non-hydrogen) atoms. The lowest BCUT2D eigenvalue weighted by Crippen LogP contribution is -1.96. The first-order valence-corrected chi connectivity index (χ1v) is 2.74. The fourth-order valence-corrected chi connectivity index (χ4v) is 0.594. The molecule has 0 fully saturated rings. The molecule has 0 unspecified atom stereocenters. The van der Waals surface area contributed by atoms with Gasteiger partial charge in [0, 0.05) is 0 Å². The molecule has 0 bridgehead atoms. The van der Waals surface area contributed by atoms with Gasteiger partial charge in [-0.05, 0) is 0 Å². The van der Waals surface area contributed by atoms with Crippen LogP contribution in [0.4, 0.5) is 5.69 Å². The second-order valence-corrected chi connectivity index (χ2v) is 1.67. The van der Waals surface area contributed by atoms with E-state index in [1.54, 1.807) is 0 Å². The molecule has 0 spiro atoms. The van der Waals surface area contributed by atoms with E-state index in [0.717, 1.165) is 6.20 Å². The Balaban J connectivity index is 3.12. The van der Waals surface area contributed by atoms with E-state index in [2.05, 4.69) is 14.7 Å². The molecule has 0 N–H and O–H groups in total. The van der Waals surface area contributed by atoms with Crippen LogP contribution < -0.4 is 4.74 Å². The van der Waals surface area contributed by atoms with Gasteiger partial charge in [-0.15, -0.1) is 0 Å². The minimum Gasteiger partial charge on any atom is -0.476 e. The van der Waals surface area contributed by atoms with E-state index >= 15 is 0 Å². The van der Waals surface area contributed by atoms with Crippen molar-refractivity contribution in [3.63, 3.8) is 0 Å². The van der Waals surface area contributed by atoms with Crippen molar-refractivity contribution in [3.8, 4) is 5.88 Å². The highest BCUT2D eigenvalue weighted by Crippen LogP contribution is 2.20. The third-order valence-corrected chi connectivity index (χ3v) is 1.05. The number of hydrogen-bond acceptors (Lipinski definition) is 5. The predicted molar refractivity (Wildman–Crippen MR) is 35.2 cm³/mol. The molecule has 6 heteroatoms. The summed E-state index contributed by atoms with van der Waals surface area (Å²) in [6, 6.07) is 0. The number of nitrogens with zero attached hydrogens (tertiary/aromatic N) is 3. The van der Waals surface area contributed by atoms with Gasteiger partial charge in [-0.25, -0.2) is 4.98 Å². The van der Waals surface area contributed by atoms with Crippen molar-refractivity contribution in [1.82, 2.24) is 9.97 Å². The van der Waals surface area contributed by atoms with Gasteiger partial charge in [0.15, 0.2) is 0 Å². The van der Waals surface area contributed by atoms with Crippen LogP contribution in [-0.2, 0) is 0 Å². The highest BCUT2D eigenvalue weighted by atomic mass is 16.6. The third kappa shape index (κ3) is 1.40. The minimum atomic E-state index is -0.598. The Bertz CT molecular complexity index is 275. The summed E-state index contributed by atoms with van der Waals surface area (Å²) in [6.07, 6.45) is 2.28. The van der Waals surface area contributed by atoms with Gasteiger partial charge in [-0.1, -0.05) is 0 Å². The van der Waals surface area contributed by atoms with Crippen LogP contribution in [0.3, 0.4) is 0 Å². The molecule has 0 aromatic carbocycles. The lowest BCUT2D eigenvalue weighted by molar-refractivity contribution is -0.386. The molecule has 0 amide bonds. The maximum absolute atomic E-state index is 10.2. The molecule has 1 aromatic heterocycles. The summed E-state index contributed by atoms with van der Waals surface area (Å²) < 4.78 is 4.61. The zero-order valence-electron chi connectivity index (χ0n) is 5.72. The lowest BCUT2D eigenvalue weighted by Gasteiger charge is -1.96. The van der Waals surface area contributed by atoms with Crippen molar-refractivity contribution in [3.05, 3.63) is 22.6 Å². The number of ether oxygens (including phenoxy) is 1. The van der Waals surface area contributed by atoms with Gasteiger partial charge in [0.25, 0.3) is 5.88 Å². The van der Waals surface area contributed by atoms with E-state index in [-0.39, 0.29) is 11.6 Å². The average molecular weight is 155 g/mol. The molecule has 6 nitrogen and oxygen atoms in total. The molecule has 0 saturated heterocycles. The number of nitro groups is 1. The summed E-state index contributed by atoms with van der Waals surface area (Å²) in [7, 11) is 1.31. The van der Waals surface area contributed by atoms with Crippen LogP contribution in [0.1, 0.15) is 0 Å². The highest BCUT2D eigenvalue weighted by Gasteiger charge is 2.14. The summed E-state index contributed by atoms with van der Waals surface area (Å²) in [6.45, 7) is 0. The maximum atomic E-state index is 10.2. The van der Waals surface area contributed by atoms with E-state index in [1.165, 1.54) is 13.4 Å². The van der Waals surface area contributed by atoms with E-state index in [1.807, 2.05) is 0 Å². The average Bonchev–Trinajstić information content (AvgIpc) is 2.04. The fourth-order valence-electron chi connectivity index (χ4n) is 0.594. The molecular formula is C5H5N3O3. The van der Waals surface area contributed by atoms with Crippen molar-refractivity contribution in [2.45, 2.75) is 0 Å². The summed E-state index contributed by atoms with van der Waals surface area (Å²) in [4.78, 5) is 16.7. The molecular weight excluding hydrogens is 150 g/mol. The van der Waals surface area contributed by atoms with Crippen LogP contribution in [0.25, 0.3) is 0 Å². The Morgan fingerprint density at radius 1 is 1.73 bits per heavy atom. The van der Waals surface area contributed by atoms with Gasteiger partial charge in [-0.3, -0.25) is 10.1 Å². The second-order valence-electron chi connectivity index (χ2n) is 1.67. The first kappa shape index (κ1) is 7.39. The van der Waals surface area contributed by atoms with Gasteiger partial charge < -0.3 is 4.74 Å². The minimum absolute atomic E-state index is 0.0231. The SMILES string of the molecule is COc1ncncc1[N+](=O)[O-]. The number of hydrogen-bond donors (Lipinski definition) is 0.